The van der Waals surface area contributed by atoms with Crippen molar-refractivity contribution in [1.29, 1.82) is 0 Å². The fraction of sp³-hybridized carbons (Fsp3) is 0.846. The van der Waals surface area contributed by atoms with Crippen LogP contribution in [0.3, 0.4) is 0 Å². The highest BCUT2D eigenvalue weighted by Gasteiger charge is 2.55. The molecule has 3 rings (SSSR count). The summed E-state index contributed by atoms with van der Waals surface area (Å²) in [4.78, 5) is 2.38. The molecule has 2 heteroatoms. The number of aliphatic hydroxyl groups is 1. The van der Waals surface area contributed by atoms with Crippen LogP contribution in [0.2, 0.25) is 0 Å². The lowest BCUT2D eigenvalue weighted by molar-refractivity contribution is 0.109. The second kappa shape index (κ2) is 3.08. The molecule has 2 saturated carbocycles. The lowest BCUT2D eigenvalue weighted by Gasteiger charge is -2.40. The molecule has 2 unspecified atom stereocenters. The Morgan fingerprint density at radius 1 is 1.27 bits per heavy atom. The van der Waals surface area contributed by atoms with Crippen molar-refractivity contribution in [3.05, 3.63) is 11.6 Å². The third-order valence-electron chi connectivity index (χ3n) is 4.46. The van der Waals surface area contributed by atoms with E-state index >= 15 is 0 Å². The highest BCUT2D eigenvalue weighted by atomic mass is 16.3. The first kappa shape index (κ1) is 9.86. The molecule has 0 spiro atoms. The van der Waals surface area contributed by atoms with Gasteiger partial charge < -0.3 is 5.11 Å². The number of aliphatic hydroxyl groups excluding tert-OH is 1. The standard InChI is InChI=1S/C13H21NO/c1-14(2)13(10-5-6-10)8-11(15)7-12(13)9-3-4-9/h7,9-11,15H,3-6,8H2,1-2H3. The fourth-order valence-electron chi connectivity index (χ4n) is 3.50. The molecule has 0 bridgehead atoms. The maximum Gasteiger partial charge on any atom is 0.0745 e. The van der Waals surface area contributed by atoms with Crippen LogP contribution in [0, 0.1) is 11.8 Å². The average molecular weight is 207 g/mol. The maximum absolute atomic E-state index is 9.93. The molecule has 0 aliphatic heterocycles. The average Bonchev–Trinajstić information content (AvgIpc) is 3.04. The monoisotopic (exact) mass is 207 g/mol. The van der Waals surface area contributed by atoms with Crippen LogP contribution in [0.15, 0.2) is 11.6 Å². The highest BCUT2D eigenvalue weighted by molar-refractivity contribution is 5.36. The van der Waals surface area contributed by atoms with Gasteiger partial charge in [0.1, 0.15) is 0 Å². The minimum absolute atomic E-state index is 0.191. The molecule has 0 saturated heterocycles. The van der Waals surface area contributed by atoms with Gasteiger partial charge >= 0.3 is 0 Å². The number of hydrogen-bond donors (Lipinski definition) is 1. The minimum atomic E-state index is -0.191. The molecule has 0 radical (unpaired) electrons. The van der Waals surface area contributed by atoms with E-state index in [2.05, 4.69) is 25.1 Å². The third kappa shape index (κ3) is 1.38. The summed E-state index contributed by atoms with van der Waals surface area (Å²) in [6, 6.07) is 0. The zero-order chi connectivity index (χ0) is 10.6. The SMILES string of the molecule is CN(C)C1(C2CC2)CC(O)C=C1C1CC1. The van der Waals surface area contributed by atoms with Crippen LogP contribution in [-0.4, -0.2) is 35.7 Å². The first-order chi connectivity index (χ1) is 7.14. The van der Waals surface area contributed by atoms with Crippen LogP contribution in [0.25, 0.3) is 0 Å². The van der Waals surface area contributed by atoms with Crippen molar-refractivity contribution in [2.75, 3.05) is 14.1 Å². The van der Waals surface area contributed by atoms with E-state index in [1.54, 1.807) is 5.57 Å². The Balaban J connectivity index is 1.96. The Morgan fingerprint density at radius 3 is 2.40 bits per heavy atom. The van der Waals surface area contributed by atoms with Gasteiger partial charge in [0.05, 0.1) is 6.10 Å². The second-order valence-electron chi connectivity index (χ2n) is 5.76. The molecule has 15 heavy (non-hydrogen) atoms. The largest absolute Gasteiger partial charge is 0.389 e. The molecule has 84 valence electrons. The zero-order valence-corrected chi connectivity index (χ0v) is 9.74. The Kier molecular flexibility index (Phi) is 2.02. The lowest BCUT2D eigenvalue weighted by Crippen LogP contribution is -2.47. The van der Waals surface area contributed by atoms with Gasteiger partial charge in [-0.3, -0.25) is 4.90 Å². The summed E-state index contributed by atoms with van der Waals surface area (Å²) < 4.78 is 0. The van der Waals surface area contributed by atoms with Gasteiger partial charge in [-0.1, -0.05) is 6.08 Å². The normalized spacial score (nSPS) is 41.1. The molecule has 0 amide bonds. The molecule has 3 aliphatic carbocycles. The van der Waals surface area contributed by atoms with Crippen LogP contribution in [0.5, 0.6) is 0 Å². The fourth-order valence-corrected chi connectivity index (χ4v) is 3.50. The van der Waals surface area contributed by atoms with Crippen LogP contribution in [0.4, 0.5) is 0 Å². The number of likely N-dealkylation sites (N-methyl/N-ethyl adjacent to an activating group) is 1. The third-order valence-corrected chi connectivity index (χ3v) is 4.46. The van der Waals surface area contributed by atoms with Crippen molar-refractivity contribution in [3.8, 4) is 0 Å². The molecule has 2 atom stereocenters. The first-order valence-electron chi connectivity index (χ1n) is 6.22. The first-order valence-corrected chi connectivity index (χ1v) is 6.22. The summed E-state index contributed by atoms with van der Waals surface area (Å²) in [5.74, 6) is 1.61. The summed E-state index contributed by atoms with van der Waals surface area (Å²) in [7, 11) is 4.37. The number of nitrogens with zero attached hydrogens (tertiary/aromatic N) is 1. The van der Waals surface area contributed by atoms with Crippen LogP contribution < -0.4 is 0 Å². The molecule has 0 aromatic rings. The quantitative estimate of drug-likeness (QED) is 0.713. The van der Waals surface area contributed by atoms with Gasteiger partial charge in [-0.15, -0.1) is 0 Å². The zero-order valence-electron chi connectivity index (χ0n) is 9.74. The molecule has 3 aliphatic rings. The van der Waals surface area contributed by atoms with Crippen LogP contribution >= 0.6 is 0 Å². The smallest absolute Gasteiger partial charge is 0.0745 e. The van der Waals surface area contributed by atoms with E-state index in [1.165, 1.54) is 25.7 Å². The van der Waals surface area contributed by atoms with Gasteiger partial charge in [0, 0.05) is 5.54 Å². The predicted molar refractivity (Wildman–Crippen MR) is 60.6 cm³/mol. The van der Waals surface area contributed by atoms with E-state index in [0.29, 0.717) is 0 Å². The van der Waals surface area contributed by atoms with Crippen molar-refractivity contribution in [2.24, 2.45) is 11.8 Å². The molecule has 1 N–H and O–H groups in total. The number of hydrogen-bond acceptors (Lipinski definition) is 2. The van der Waals surface area contributed by atoms with Crippen molar-refractivity contribution < 1.29 is 5.11 Å². The molecular weight excluding hydrogens is 186 g/mol. The van der Waals surface area contributed by atoms with Gasteiger partial charge in [0.25, 0.3) is 0 Å². The highest BCUT2D eigenvalue weighted by Crippen LogP contribution is 2.57. The molecule has 0 heterocycles. The minimum Gasteiger partial charge on any atom is -0.389 e. The van der Waals surface area contributed by atoms with Gasteiger partial charge in [0.15, 0.2) is 0 Å². The lowest BCUT2D eigenvalue weighted by atomic mass is 9.82. The summed E-state index contributed by atoms with van der Waals surface area (Å²) in [5.41, 5.74) is 1.79. The van der Waals surface area contributed by atoms with E-state index in [9.17, 15) is 5.11 Å². The Labute approximate surface area is 92.0 Å². The van der Waals surface area contributed by atoms with E-state index in [1.807, 2.05) is 0 Å². The van der Waals surface area contributed by atoms with Crippen LogP contribution in [0.1, 0.15) is 32.1 Å². The topological polar surface area (TPSA) is 23.5 Å². The molecule has 0 aromatic carbocycles. The Hall–Kier alpha value is -0.340. The predicted octanol–water partition coefficient (Wildman–Crippen LogP) is 1.80. The van der Waals surface area contributed by atoms with E-state index in [-0.39, 0.29) is 11.6 Å². The summed E-state index contributed by atoms with van der Waals surface area (Å²) >= 11 is 0. The molecular formula is C13H21NO. The van der Waals surface area contributed by atoms with E-state index in [4.69, 9.17) is 0 Å². The van der Waals surface area contributed by atoms with Gasteiger partial charge in [0.2, 0.25) is 0 Å². The summed E-state index contributed by atoms with van der Waals surface area (Å²) in [6.45, 7) is 0. The number of rotatable bonds is 3. The second-order valence-corrected chi connectivity index (χ2v) is 5.76. The van der Waals surface area contributed by atoms with Crippen molar-refractivity contribution >= 4 is 0 Å². The maximum atomic E-state index is 9.93. The molecule has 2 fully saturated rings. The van der Waals surface area contributed by atoms with Gasteiger partial charge in [-0.2, -0.15) is 0 Å². The van der Waals surface area contributed by atoms with Gasteiger partial charge in [-0.05, 0) is 63.6 Å². The summed E-state index contributed by atoms with van der Waals surface area (Å²) in [6.07, 6.45) is 8.32. The van der Waals surface area contributed by atoms with Crippen molar-refractivity contribution in [1.82, 2.24) is 4.90 Å². The molecule has 2 nitrogen and oxygen atoms in total. The van der Waals surface area contributed by atoms with Crippen molar-refractivity contribution in [2.45, 2.75) is 43.7 Å². The van der Waals surface area contributed by atoms with Crippen molar-refractivity contribution in [3.63, 3.8) is 0 Å². The van der Waals surface area contributed by atoms with Gasteiger partial charge in [-0.25, -0.2) is 0 Å². The Morgan fingerprint density at radius 2 is 1.93 bits per heavy atom. The van der Waals surface area contributed by atoms with Crippen LogP contribution in [-0.2, 0) is 0 Å². The Bertz CT molecular complexity index is 298. The van der Waals surface area contributed by atoms with E-state index in [0.717, 1.165) is 18.3 Å². The summed E-state index contributed by atoms with van der Waals surface area (Å²) in [5, 5.41) is 9.93. The molecule has 0 aromatic heterocycles. The van der Waals surface area contributed by atoms with E-state index < -0.39 is 0 Å².